The zero-order chi connectivity index (χ0) is 15.9. The minimum absolute atomic E-state index is 0.103. The second-order valence-corrected chi connectivity index (χ2v) is 5.47. The van der Waals surface area contributed by atoms with E-state index >= 15 is 0 Å². The molecule has 0 saturated heterocycles. The fraction of sp³-hybridized carbons (Fsp3) is 0.471. The van der Waals surface area contributed by atoms with Crippen LogP contribution in [0.2, 0.25) is 0 Å². The van der Waals surface area contributed by atoms with Crippen molar-refractivity contribution in [2.45, 2.75) is 45.6 Å². The van der Waals surface area contributed by atoms with Crippen molar-refractivity contribution in [1.82, 2.24) is 15.5 Å². The molecule has 1 atom stereocenters. The quantitative estimate of drug-likeness (QED) is 0.759. The lowest BCUT2D eigenvalue weighted by atomic mass is 10.0. The summed E-state index contributed by atoms with van der Waals surface area (Å²) in [4.78, 5) is 16.5. The number of hydrogen-bond donors (Lipinski definition) is 1. The van der Waals surface area contributed by atoms with Crippen LogP contribution in [0, 0.1) is 0 Å². The summed E-state index contributed by atoms with van der Waals surface area (Å²) in [5.41, 5.74) is 1.97. The molecule has 0 radical (unpaired) electrons. The molecule has 0 aliphatic heterocycles. The van der Waals surface area contributed by atoms with Crippen molar-refractivity contribution < 1.29 is 9.32 Å². The van der Waals surface area contributed by atoms with E-state index in [-0.39, 0.29) is 5.78 Å². The third-order valence-electron chi connectivity index (χ3n) is 3.74. The van der Waals surface area contributed by atoms with E-state index in [9.17, 15) is 4.79 Å². The van der Waals surface area contributed by atoms with Gasteiger partial charge in [0, 0.05) is 30.9 Å². The van der Waals surface area contributed by atoms with Crippen LogP contribution in [0.1, 0.15) is 47.9 Å². The van der Waals surface area contributed by atoms with E-state index in [1.54, 1.807) is 0 Å². The Morgan fingerprint density at radius 2 is 2.05 bits per heavy atom. The first-order chi connectivity index (χ1) is 10.6. The minimum atomic E-state index is 0.103. The van der Waals surface area contributed by atoms with Crippen LogP contribution < -0.4 is 5.32 Å². The smallest absolute Gasteiger partial charge is 0.227 e. The van der Waals surface area contributed by atoms with E-state index in [2.05, 4.69) is 29.3 Å². The molecular weight excluding hydrogens is 278 g/mol. The van der Waals surface area contributed by atoms with E-state index in [0.717, 1.165) is 12.0 Å². The van der Waals surface area contributed by atoms with E-state index in [1.165, 1.54) is 5.56 Å². The summed E-state index contributed by atoms with van der Waals surface area (Å²) >= 11 is 0. The largest absolute Gasteiger partial charge is 0.339 e. The average molecular weight is 301 g/mol. The zero-order valence-corrected chi connectivity index (χ0v) is 13.4. The highest BCUT2D eigenvalue weighted by atomic mass is 16.5. The molecular formula is C17H23N3O2. The molecule has 2 rings (SSSR count). The SMILES string of the molecule is CCc1ccc(C(=O)CCc2nc(CC(C)NC)no2)cc1. The Labute approximate surface area is 131 Å². The van der Waals surface area contributed by atoms with Crippen LogP contribution in [-0.4, -0.2) is 29.0 Å². The Balaban J connectivity index is 1.87. The number of likely N-dealkylation sites (N-methyl/N-ethyl adjacent to an activating group) is 1. The van der Waals surface area contributed by atoms with Gasteiger partial charge in [0.1, 0.15) is 0 Å². The molecule has 1 aromatic heterocycles. The van der Waals surface area contributed by atoms with Gasteiger partial charge in [0.25, 0.3) is 0 Å². The minimum Gasteiger partial charge on any atom is -0.339 e. The fourth-order valence-electron chi connectivity index (χ4n) is 2.14. The van der Waals surface area contributed by atoms with E-state index in [1.807, 2.05) is 31.3 Å². The van der Waals surface area contributed by atoms with Crippen molar-refractivity contribution in [3.8, 4) is 0 Å². The molecule has 1 unspecified atom stereocenters. The number of rotatable bonds is 8. The maximum absolute atomic E-state index is 12.1. The van der Waals surface area contributed by atoms with Gasteiger partial charge < -0.3 is 9.84 Å². The number of nitrogens with one attached hydrogen (secondary N) is 1. The molecule has 2 aromatic rings. The summed E-state index contributed by atoms with van der Waals surface area (Å²) < 4.78 is 5.19. The number of aromatic nitrogens is 2. The predicted octanol–water partition coefficient (Wildman–Crippen LogP) is 2.60. The Hall–Kier alpha value is -2.01. The molecule has 0 bridgehead atoms. The van der Waals surface area contributed by atoms with Gasteiger partial charge in [-0.15, -0.1) is 0 Å². The topological polar surface area (TPSA) is 68.0 Å². The normalized spacial score (nSPS) is 12.3. The average Bonchev–Trinajstić information content (AvgIpc) is 3.00. The Morgan fingerprint density at radius 3 is 2.68 bits per heavy atom. The molecule has 0 spiro atoms. The highest BCUT2D eigenvalue weighted by molar-refractivity contribution is 5.96. The molecule has 0 amide bonds. The first kappa shape index (κ1) is 16.4. The molecule has 22 heavy (non-hydrogen) atoms. The lowest BCUT2D eigenvalue weighted by Crippen LogP contribution is -2.24. The molecule has 1 aromatic carbocycles. The lowest BCUT2D eigenvalue weighted by molar-refractivity contribution is 0.0979. The summed E-state index contributed by atoms with van der Waals surface area (Å²) in [5.74, 6) is 1.31. The van der Waals surface area contributed by atoms with E-state index in [0.29, 0.717) is 37.0 Å². The number of nitrogens with zero attached hydrogens (tertiary/aromatic N) is 2. The molecule has 1 N–H and O–H groups in total. The maximum Gasteiger partial charge on any atom is 0.227 e. The van der Waals surface area contributed by atoms with Crippen LogP contribution in [-0.2, 0) is 19.3 Å². The van der Waals surface area contributed by atoms with Crippen LogP contribution in [0.25, 0.3) is 0 Å². The molecule has 5 heteroatoms. The highest BCUT2D eigenvalue weighted by Crippen LogP contribution is 2.10. The monoisotopic (exact) mass is 301 g/mol. The van der Waals surface area contributed by atoms with Crippen molar-refractivity contribution in [1.29, 1.82) is 0 Å². The van der Waals surface area contributed by atoms with Gasteiger partial charge in [0.15, 0.2) is 11.6 Å². The second kappa shape index (κ2) is 7.84. The number of hydrogen-bond acceptors (Lipinski definition) is 5. The van der Waals surface area contributed by atoms with Gasteiger partial charge in [0.2, 0.25) is 5.89 Å². The van der Waals surface area contributed by atoms with Gasteiger partial charge in [-0.2, -0.15) is 4.98 Å². The molecule has 118 valence electrons. The summed E-state index contributed by atoms with van der Waals surface area (Å²) in [7, 11) is 1.90. The predicted molar refractivity (Wildman–Crippen MR) is 85.0 cm³/mol. The summed E-state index contributed by atoms with van der Waals surface area (Å²) in [6, 6.07) is 8.06. The number of aryl methyl sites for hydroxylation is 2. The first-order valence-electron chi connectivity index (χ1n) is 7.73. The van der Waals surface area contributed by atoms with Crippen LogP contribution >= 0.6 is 0 Å². The van der Waals surface area contributed by atoms with Gasteiger partial charge in [0.05, 0.1) is 0 Å². The van der Waals surface area contributed by atoms with Gasteiger partial charge in [-0.25, -0.2) is 0 Å². The number of Topliss-reactive ketones (excluding diaryl/α,β-unsaturated/α-hetero) is 1. The molecule has 0 saturated carbocycles. The van der Waals surface area contributed by atoms with Crippen LogP contribution in [0.3, 0.4) is 0 Å². The summed E-state index contributed by atoms with van der Waals surface area (Å²) in [5, 5.41) is 7.07. The van der Waals surface area contributed by atoms with Crippen LogP contribution in [0.5, 0.6) is 0 Å². The van der Waals surface area contributed by atoms with E-state index in [4.69, 9.17) is 4.52 Å². The number of carbonyl (C=O) groups excluding carboxylic acids is 1. The molecule has 1 heterocycles. The van der Waals surface area contributed by atoms with Crippen molar-refractivity contribution >= 4 is 5.78 Å². The zero-order valence-electron chi connectivity index (χ0n) is 13.4. The second-order valence-electron chi connectivity index (χ2n) is 5.47. The van der Waals surface area contributed by atoms with Gasteiger partial charge in [-0.1, -0.05) is 36.3 Å². The lowest BCUT2D eigenvalue weighted by Gasteiger charge is -2.04. The van der Waals surface area contributed by atoms with Crippen molar-refractivity contribution in [2.75, 3.05) is 7.05 Å². The highest BCUT2D eigenvalue weighted by Gasteiger charge is 2.12. The third-order valence-corrected chi connectivity index (χ3v) is 3.74. The van der Waals surface area contributed by atoms with Gasteiger partial charge in [-0.05, 0) is 26.0 Å². The standard InChI is InChI=1S/C17H23N3O2/c1-4-13-5-7-14(8-6-13)15(21)9-10-17-19-16(20-22-17)11-12(2)18-3/h5-8,12,18H,4,9-11H2,1-3H3. The summed E-state index contributed by atoms with van der Waals surface area (Å²) in [6.45, 7) is 4.15. The molecule has 0 aliphatic rings. The Morgan fingerprint density at radius 1 is 1.32 bits per heavy atom. The Kier molecular flexibility index (Phi) is 5.83. The number of carbonyl (C=O) groups is 1. The number of ketones is 1. The third kappa shape index (κ3) is 4.49. The van der Waals surface area contributed by atoms with Crippen molar-refractivity contribution in [3.05, 3.63) is 47.1 Å². The first-order valence-corrected chi connectivity index (χ1v) is 7.73. The van der Waals surface area contributed by atoms with E-state index < -0.39 is 0 Å². The van der Waals surface area contributed by atoms with Gasteiger partial charge in [-0.3, -0.25) is 4.79 Å². The number of benzene rings is 1. The fourth-order valence-corrected chi connectivity index (χ4v) is 2.14. The molecule has 5 nitrogen and oxygen atoms in total. The van der Waals surface area contributed by atoms with Crippen molar-refractivity contribution in [2.24, 2.45) is 0 Å². The molecule has 0 fully saturated rings. The van der Waals surface area contributed by atoms with Crippen LogP contribution in [0.4, 0.5) is 0 Å². The van der Waals surface area contributed by atoms with Crippen molar-refractivity contribution in [3.63, 3.8) is 0 Å². The van der Waals surface area contributed by atoms with Crippen LogP contribution in [0.15, 0.2) is 28.8 Å². The Bertz CT molecular complexity index is 605. The maximum atomic E-state index is 12.1. The molecule has 0 aliphatic carbocycles. The van der Waals surface area contributed by atoms with Gasteiger partial charge >= 0.3 is 0 Å². The summed E-state index contributed by atoms with van der Waals surface area (Å²) in [6.07, 6.45) is 2.56.